The van der Waals surface area contributed by atoms with Crippen LogP contribution in [0, 0.1) is 11.3 Å². The number of nitrogens with zero attached hydrogens (tertiary/aromatic N) is 1. The normalized spacial score (nSPS) is 11.5. The van der Waals surface area contributed by atoms with E-state index in [1.165, 1.54) is 0 Å². The van der Waals surface area contributed by atoms with Crippen LogP contribution in [0.15, 0.2) is 66.7 Å². The lowest BCUT2D eigenvalue weighted by Crippen LogP contribution is -2.38. The minimum Gasteiger partial charge on any atom is -0.345 e. The minimum atomic E-state index is -0.183. The van der Waals surface area contributed by atoms with Gasteiger partial charge in [-0.1, -0.05) is 60.7 Å². The molecule has 3 aromatic carbocycles. The van der Waals surface area contributed by atoms with Gasteiger partial charge in [0, 0.05) is 24.9 Å². The summed E-state index contributed by atoms with van der Waals surface area (Å²) < 4.78 is 0. The summed E-state index contributed by atoms with van der Waals surface area (Å²) >= 11 is 0. The first-order chi connectivity index (χ1) is 15.1. The summed E-state index contributed by atoms with van der Waals surface area (Å²) in [6, 6.07) is 23.4. The van der Waals surface area contributed by atoms with Crippen molar-refractivity contribution in [1.82, 2.24) is 16.2 Å². The molecule has 0 radical (unpaired) electrons. The molecule has 1 atom stereocenters. The van der Waals surface area contributed by atoms with Gasteiger partial charge in [0.1, 0.15) is 0 Å². The molecule has 0 fully saturated rings. The molecule has 0 bridgehead atoms. The van der Waals surface area contributed by atoms with Gasteiger partial charge < -0.3 is 5.32 Å². The molecule has 0 aliphatic rings. The summed E-state index contributed by atoms with van der Waals surface area (Å²) in [5, 5.41) is 13.9. The molecule has 0 saturated carbocycles. The van der Waals surface area contributed by atoms with Crippen LogP contribution < -0.4 is 16.2 Å². The number of fused-ring (bicyclic) bond motifs is 1. The van der Waals surface area contributed by atoms with Gasteiger partial charge >= 0.3 is 0 Å². The van der Waals surface area contributed by atoms with Crippen molar-refractivity contribution in [3.63, 3.8) is 0 Å². The molecule has 3 aromatic rings. The van der Waals surface area contributed by atoms with Gasteiger partial charge in [-0.25, -0.2) is 5.43 Å². The molecule has 2 amide bonds. The summed E-state index contributed by atoms with van der Waals surface area (Å²) in [6.45, 7) is 2.37. The number of benzene rings is 3. The van der Waals surface area contributed by atoms with Crippen LogP contribution in [0.25, 0.3) is 10.8 Å². The number of amides is 2. The van der Waals surface area contributed by atoms with Crippen LogP contribution in [0.4, 0.5) is 0 Å². The predicted octanol–water partition coefficient (Wildman–Crippen LogP) is 3.80. The minimum absolute atomic E-state index is 0.163. The molecule has 0 aromatic heterocycles. The van der Waals surface area contributed by atoms with Crippen LogP contribution in [-0.2, 0) is 11.2 Å². The predicted molar refractivity (Wildman–Crippen MR) is 121 cm³/mol. The van der Waals surface area contributed by atoms with Gasteiger partial charge in [0.2, 0.25) is 5.91 Å². The van der Waals surface area contributed by atoms with Crippen LogP contribution in [0.2, 0.25) is 0 Å². The van der Waals surface area contributed by atoms with E-state index in [4.69, 9.17) is 5.26 Å². The van der Waals surface area contributed by atoms with Crippen molar-refractivity contribution < 1.29 is 9.59 Å². The van der Waals surface area contributed by atoms with Gasteiger partial charge in [-0.2, -0.15) is 5.26 Å². The van der Waals surface area contributed by atoms with E-state index >= 15 is 0 Å². The van der Waals surface area contributed by atoms with Crippen molar-refractivity contribution in [3.05, 3.63) is 83.4 Å². The Morgan fingerprint density at radius 1 is 1.00 bits per heavy atom. The molecule has 0 heterocycles. The maximum atomic E-state index is 13.0. The molecule has 0 spiro atoms. The van der Waals surface area contributed by atoms with Gasteiger partial charge in [-0.05, 0) is 41.3 Å². The second-order valence-corrected chi connectivity index (χ2v) is 7.30. The van der Waals surface area contributed by atoms with Crippen molar-refractivity contribution >= 4 is 22.6 Å². The molecule has 31 heavy (non-hydrogen) atoms. The lowest BCUT2D eigenvalue weighted by atomic mass is 9.98. The third-order valence-electron chi connectivity index (χ3n) is 5.11. The molecule has 0 unspecified atom stereocenters. The van der Waals surface area contributed by atoms with Crippen LogP contribution in [-0.4, -0.2) is 18.4 Å². The van der Waals surface area contributed by atoms with Crippen molar-refractivity contribution in [2.45, 2.75) is 32.2 Å². The van der Waals surface area contributed by atoms with Crippen LogP contribution in [0.5, 0.6) is 0 Å². The average Bonchev–Trinajstić information content (AvgIpc) is 2.80. The summed E-state index contributed by atoms with van der Waals surface area (Å²) in [7, 11) is 0. The van der Waals surface area contributed by atoms with E-state index in [1.54, 1.807) is 6.07 Å². The van der Waals surface area contributed by atoms with E-state index < -0.39 is 0 Å². The third-order valence-corrected chi connectivity index (χ3v) is 5.11. The SMILES string of the molecule is C[C@@H](NC(=O)c1ccccc1CCC(=O)NNCCC#N)c1cccc2ccccc12. The van der Waals surface area contributed by atoms with E-state index in [-0.39, 0.29) is 24.3 Å². The molecule has 6 heteroatoms. The Morgan fingerprint density at radius 3 is 2.58 bits per heavy atom. The first-order valence-corrected chi connectivity index (χ1v) is 10.3. The Bertz CT molecular complexity index is 1100. The standard InChI is InChI=1S/C25H26N4O2/c1-18(21-13-6-10-19-8-2-4-11-22(19)21)28-25(31)23-12-5-3-9-20(23)14-15-24(30)29-27-17-7-16-26/h2-6,8-13,18,27H,7,14-15,17H2,1H3,(H,28,31)(H,29,30)/t18-/m1/s1. The fraction of sp³-hybridized carbons (Fsp3) is 0.240. The van der Waals surface area contributed by atoms with E-state index in [1.807, 2.05) is 55.5 Å². The Morgan fingerprint density at radius 2 is 1.74 bits per heavy atom. The second-order valence-electron chi connectivity index (χ2n) is 7.30. The van der Waals surface area contributed by atoms with Crippen LogP contribution >= 0.6 is 0 Å². The summed E-state index contributed by atoms with van der Waals surface area (Å²) in [5.74, 6) is -0.346. The van der Waals surface area contributed by atoms with Gasteiger partial charge in [-0.15, -0.1) is 0 Å². The number of rotatable bonds is 9. The smallest absolute Gasteiger partial charge is 0.252 e. The highest BCUT2D eigenvalue weighted by Gasteiger charge is 2.16. The highest BCUT2D eigenvalue weighted by molar-refractivity contribution is 5.96. The molecule has 3 rings (SSSR count). The van der Waals surface area contributed by atoms with E-state index in [0.29, 0.717) is 24.9 Å². The topological polar surface area (TPSA) is 94.0 Å². The van der Waals surface area contributed by atoms with Gasteiger partial charge in [0.05, 0.1) is 12.1 Å². The number of carbonyl (C=O) groups excluding carboxylic acids is 2. The highest BCUT2D eigenvalue weighted by atomic mass is 16.2. The number of hydrogen-bond acceptors (Lipinski definition) is 4. The number of aryl methyl sites for hydroxylation is 1. The van der Waals surface area contributed by atoms with Gasteiger partial charge in [0.25, 0.3) is 5.91 Å². The van der Waals surface area contributed by atoms with Gasteiger partial charge in [0.15, 0.2) is 0 Å². The first kappa shape index (κ1) is 22.0. The maximum Gasteiger partial charge on any atom is 0.252 e. The molecular weight excluding hydrogens is 388 g/mol. The number of carbonyl (C=O) groups is 2. The molecule has 6 nitrogen and oxygen atoms in total. The van der Waals surface area contributed by atoms with E-state index in [9.17, 15) is 9.59 Å². The fourth-order valence-corrected chi connectivity index (χ4v) is 3.53. The summed E-state index contributed by atoms with van der Waals surface area (Å²) in [4.78, 5) is 25.0. The number of nitriles is 1. The largest absolute Gasteiger partial charge is 0.345 e. The zero-order chi connectivity index (χ0) is 22.1. The van der Waals surface area contributed by atoms with Crippen molar-refractivity contribution in [2.24, 2.45) is 0 Å². The monoisotopic (exact) mass is 414 g/mol. The third kappa shape index (κ3) is 5.91. The zero-order valence-electron chi connectivity index (χ0n) is 17.5. The average molecular weight is 415 g/mol. The van der Waals surface area contributed by atoms with Gasteiger partial charge in [-0.3, -0.25) is 15.0 Å². The fourth-order valence-electron chi connectivity index (χ4n) is 3.53. The summed E-state index contributed by atoms with van der Waals surface area (Å²) in [6.07, 6.45) is 0.999. The molecule has 0 aliphatic carbocycles. The number of hydrazine groups is 1. The quantitative estimate of drug-likeness (QED) is 0.367. The Hall–Kier alpha value is -3.69. The van der Waals surface area contributed by atoms with Crippen LogP contribution in [0.1, 0.15) is 47.3 Å². The Labute approximate surface area is 182 Å². The molecular formula is C25H26N4O2. The summed E-state index contributed by atoms with van der Waals surface area (Å²) in [5.41, 5.74) is 7.73. The molecule has 0 saturated heterocycles. The number of hydrogen-bond donors (Lipinski definition) is 3. The molecule has 0 aliphatic heterocycles. The Kier molecular flexibility index (Phi) is 7.74. The second kappa shape index (κ2) is 10.9. The van der Waals surface area contributed by atoms with Crippen molar-refractivity contribution in [1.29, 1.82) is 5.26 Å². The maximum absolute atomic E-state index is 13.0. The molecule has 3 N–H and O–H groups in total. The zero-order valence-corrected chi connectivity index (χ0v) is 17.5. The van der Waals surface area contributed by atoms with Crippen LogP contribution in [0.3, 0.4) is 0 Å². The van der Waals surface area contributed by atoms with E-state index in [0.717, 1.165) is 21.9 Å². The molecule has 158 valence electrons. The lowest BCUT2D eigenvalue weighted by molar-refractivity contribution is -0.122. The van der Waals surface area contributed by atoms with E-state index in [2.05, 4.69) is 34.4 Å². The first-order valence-electron chi connectivity index (χ1n) is 10.3. The lowest BCUT2D eigenvalue weighted by Gasteiger charge is -2.18. The van der Waals surface area contributed by atoms with Crippen molar-refractivity contribution in [2.75, 3.05) is 6.54 Å². The van der Waals surface area contributed by atoms with Crippen molar-refractivity contribution in [3.8, 4) is 6.07 Å². The Balaban J connectivity index is 1.65. The number of nitrogens with one attached hydrogen (secondary N) is 3. The highest BCUT2D eigenvalue weighted by Crippen LogP contribution is 2.24.